The van der Waals surface area contributed by atoms with Gasteiger partial charge in [-0.05, 0) is 0 Å². The lowest BCUT2D eigenvalue weighted by Gasteiger charge is -2.34. The first-order valence-electron chi connectivity index (χ1n) is 11.0. The van der Waals surface area contributed by atoms with Crippen LogP contribution >= 0.6 is 0 Å². The molecule has 1 unspecified atom stereocenters. The maximum atomic E-state index is 2.71. The molecule has 0 aliphatic rings. The van der Waals surface area contributed by atoms with Gasteiger partial charge in [0.15, 0.2) is 0 Å². The quantitative estimate of drug-likeness (QED) is 0.206. The van der Waals surface area contributed by atoms with E-state index in [2.05, 4.69) is 60.8 Å². The normalized spacial score (nSPS) is 15.8. The van der Waals surface area contributed by atoms with Gasteiger partial charge in [-0.3, -0.25) is 0 Å². The Bertz CT molecular complexity index is 307. The van der Waals surface area contributed by atoms with Crippen LogP contribution in [0.3, 0.4) is 0 Å². The van der Waals surface area contributed by atoms with Gasteiger partial charge < -0.3 is 0 Å². The van der Waals surface area contributed by atoms with Crippen molar-refractivity contribution in [2.75, 3.05) is 0 Å². The van der Waals surface area contributed by atoms with Crippen LogP contribution in [0.25, 0.3) is 0 Å². The van der Waals surface area contributed by atoms with Crippen molar-refractivity contribution in [2.24, 2.45) is 0 Å². The Morgan fingerprint density at radius 2 is 1.04 bits per heavy atom. The Balaban J connectivity index is 4.17. The predicted molar refractivity (Wildman–Crippen MR) is 125 cm³/mol. The Kier molecular flexibility index (Phi) is 11.7. The van der Waals surface area contributed by atoms with Gasteiger partial charge in [0.25, 0.3) is 0 Å². The molecule has 0 radical (unpaired) electrons. The third-order valence-corrected chi connectivity index (χ3v) is 21.1. The molecular formula is C21H50Si3. The fraction of sp³-hybridized carbons (Fsp3) is 1.00. The topological polar surface area (TPSA) is 0 Å². The van der Waals surface area contributed by atoms with Crippen molar-refractivity contribution in [3.63, 3.8) is 0 Å². The van der Waals surface area contributed by atoms with Crippen LogP contribution in [-0.2, 0) is 0 Å². The van der Waals surface area contributed by atoms with Crippen LogP contribution in [0.1, 0.15) is 60.3 Å². The average molecular weight is 387 g/mol. The minimum absolute atomic E-state index is 0.853. The van der Waals surface area contributed by atoms with Gasteiger partial charge in [-0.2, -0.15) is 0 Å². The van der Waals surface area contributed by atoms with Crippen LogP contribution in [0.4, 0.5) is 0 Å². The van der Waals surface area contributed by atoms with E-state index in [4.69, 9.17) is 0 Å². The molecule has 0 N–H and O–H groups in total. The van der Waals surface area contributed by atoms with Gasteiger partial charge in [-0.25, -0.2) is 0 Å². The lowest BCUT2D eigenvalue weighted by molar-refractivity contribution is 0.684. The van der Waals surface area contributed by atoms with E-state index >= 15 is 0 Å². The van der Waals surface area contributed by atoms with Crippen LogP contribution in [0.15, 0.2) is 0 Å². The first kappa shape index (κ1) is 24.7. The highest BCUT2D eigenvalue weighted by Crippen LogP contribution is 2.35. The molecule has 0 aromatic heterocycles. The third-order valence-electron chi connectivity index (χ3n) is 7.29. The number of hydrogen-bond donors (Lipinski definition) is 0. The summed E-state index contributed by atoms with van der Waals surface area (Å²) in [5.41, 5.74) is 0.967. The van der Waals surface area contributed by atoms with E-state index in [1.807, 2.05) is 0 Å². The van der Waals surface area contributed by atoms with E-state index in [1.54, 1.807) is 24.2 Å². The summed E-state index contributed by atoms with van der Waals surface area (Å²) in [5, 5.41) is 0. The van der Waals surface area contributed by atoms with Gasteiger partial charge in [0, 0.05) is 8.07 Å². The molecule has 3 heteroatoms. The fourth-order valence-electron chi connectivity index (χ4n) is 4.03. The van der Waals surface area contributed by atoms with Crippen LogP contribution in [-0.4, -0.2) is 24.2 Å². The van der Waals surface area contributed by atoms with Gasteiger partial charge in [-0.15, -0.1) is 0 Å². The molecule has 0 spiro atoms. The molecule has 0 aliphatic heterocycles. The average Bonchev–Trinajstić information content (AvgIpc) is 2.52. The van der Waals surface area contributed by atoms with Crippen LogP contribution in [0.5, 0.6) is 0 Å². The molecule has 146 valence electrons. The number of hydrogen-bond acceptors (Lipinski definition) is 0. The molecule has 0 aliphatic carbocycles. The van der Waals surface area contributed by atoms with Crippen molar-refractivity contribution in [1.82, 2.24) is 0 Å². The zero-order valence-electron chi connectivity index (χ0n) is 18.9. The monoisotopic (exact) mass is 386 g/mol. The highest BCUT2D eigenvalue weighted by Gasteiger charge is 2.32. The zero-order chi connectivity index (χ0) is 18.9. The first-order chi connectivity index (χ1) is 11.0. The van der Waals surface area contributed by atoms with Crippen molar-refractivity contribution in [2.45, 2.75) is 134 Å². The highest BCUT2D eigenvalue weighted by molar-refractivity contribution is 6.83. The van der Waals surface area contributed by atoms with Gasteiger partial charge in [0.05, 0.1) is 16.1 Å². The standard InChI is InChI=1S/C21H50Si3/c1-10-24(11-2,12-3)18-16-14-13-15-17-23(9,21(4)5)20-19-22(6,7)8/h21H,10-20H2,1-9H3. The molecular weight excluding hydrogens is 336 g/mol. The minimum atomic E-state index is -1.01. The highest BCUT2D eigenvalue weighted by atomic mass is 28.3. The van der Waals surface area contributed by atoms with Crippen molar-refractivity contribution in [1.29, 1.82) is 0 Å². The predicted octanol–water partition coefficient (Wildman–Crippen LogP) is 8.88. The Hall–Kier alpha value is 0.651. The van der Waals surface area contributed by atoms with Crippen molar-refractivity contribution in [3.8, 4) is 0 Å². The molecule has 0 aromatic carbocycles. The lowest BCUT2D eigenvalue weighted by Crippen LogP contribution is -2.36. The summed E-state index contributed by atoms with van der Waals surface area (Å²) in [4.78, 5) is 0. The summed E-state index contributed by atoms with van der Waals surface area (Å²) >= 11 is 0. The van der Waals surface area contributed by atoms with Crippen molar-refractivity contribution in [3.05, 3.63) is 0 Å². The van der Waals surface area contributed by atoms with Crippen molar-refractivity contribution < 1.29 is 0 Å². The van der Waals surface area contributed by atoms with E-state index in [0.29, 0.717) is 0 Å². The molecule has 0 heterocycles. The summed E-state index contributed by atoms with van der Waals surface area (Å²) in [6.07, 6.45) is 6.05. The largest absolute Gasteiger partial charge is 0.0696 e. The maximum absolute atomic E-state index is 2.71. The van der Waals surface area contributed by atoms with Gasteiger partial charge in [0.1, 0.15) is 0 Å². The molecule has 0 rings (SSSR count). The second-order valence-corrected chi connectivity index (χ2v) is 27.0. The Morgan fingerprint density at radius 1 is 0.583 bits per heavy atom. The summed E-state index contributed by atoms with van der Waals surface area (Å²) < 4.78 is 0. The molecule has 0 amide bonds. The van der Waals surface area contributed by atoms with E-state index < -0.39 is 24.2 Å². The first-order valence-corrected chi connectivity index (χ1v) is 20.6. The summed E-state index contributed by atoms with van der Waals surface area (Å²) in [6.45, 7) is 22.8. The van der Waals surface area contributed by atoms with Crippen LogP contribution in [0.2, 0.25) is 74.0 Å². The molecule has 0 saturated carbocycles. The molecule has 24 heavy (non-hydrogen) atoms. The Morgan fingerprint density at radius 3 is 1.42 bits per heavy atom. The van der Waals surface area contributed by atoms with Gasteiger partial charge >= 0.3 is 0 Å². The van der Waals surface area contributed by atoms with Crippen molar-refractivity contribution >= 4 is 24.2 Å². The molecule has 0 fully saturated rings. The molecule has 0 aromatic rings. The molecule has 0 nitrogen and oxygen atoms in total. The minimum Gasteiger partial charge on any atom is -0.0696 e. The SMILES string of the molecule is CC[Si](CC)(CC)CCCCCC[Si](C)(CC[Si](C)(C)C)C(C)C. The van der Waals surface area contributed by atoms with Gasteiger partial charge in [-0.1, -0.05) is 134 Å². The smallest absolute Gasteiger partial charge is 0.0527 e. The second kappa shape index (κ2) is 11.4. The lowest BCUT2D eigenvalue weighted by atomic mass is 10.2. The number of rotatable bonds is 14. The Labute approximate surface area is 158 Å². The van der Waals surface area contributed by atoms with E-state index in [1.165, 1.54) is 43.8 Å². The van der Waals surface area contributed by atoms with E-state index in [-0.39, 0.29) is 0 Å². The van der Waals surface area contributed by atoms with E-state index in [0.717, 1.165) is 5.54 Å². The third kappa shape index (κ3) is 9.38. The van der Waals surface area contributed by atoms with Crippen LogP contribution in [0, 0.1) is 0 Å². The van der Waals surface area contributed by atoms with Gasteiger partial charge in [0.2, 0.25) is 0 Å². The second-order valence-electron chi connectivity index (χ2n) is 10.3. The fourth-order valence-corrected chi connectivity index (χ4v) is 15.3. The summed E-state index contributed by atoms with van der Waals surface area (Å²) in [5.74, 6) is 0. The maximum Gasteiger partial charge on any atom is 0.0527 e. The van der Waals surface area contributed by atoms with Crippen LogP contribution < -0.4 is 0 Å². The summed E-state index contributed by atoms with van der Waals surface area (Å²) in [6, 6.07) is 10.9. The molecule has 0 bridgehead atoms. The number of unbranched alkanes of at least 4 members (excludes halogenated alkanes) is 3. The summed E-state index contributed by atoms with van der Waals surface area (Å²) in [7, 11) is -2.73. The van der Waals surface area contributed by atoms with E-state index in [9.17, 15) is 0 Å². The molecule has 0 saturated heterocycles. The molecule has 1 atom stereocenters. The zero-order valence-corrected chi connectivity index (χ0v) is 21.9.